The second-order valence-electron chi connectivity index (χ2n) is 5.21. The molecule has 1 aromatic carbocycles. The molecule has 2 amide bonds. The number of rotatable bonds is 5. The van der Waals surface area contributed by atoms with Gasteiger partial charge in [0.1, 0.15) is 0 Å². The first kappa shape index (κ1) is 17.3. The Labute approximate surface area is 141 Å². The van der Waals surface area contributed by atoms with Crippen molar-refractivity contribution < 1.29 is 9.53 Å². The number of hydrogen-bond acceptors (Lipinski definition) is 3. The zero-order chi connectivity index (χ0) is 15.9. The van der Waals surface area contributed by atoms with Gasteiger partial charge in [0.25, 0.3) is 0 Å². The molecule has 0 aliphatic carbocycles. The largest absolute Gasteiger partial charge is 0.385 e. The van der Waals surface area contributed by atoms with Crippen molar-refractivity contribution >= 4 is 34.9 Å². The number of ether oxygens (including phenoxy) is 1. The maximum atomic E-state index is 12.3. The number of anilines is 1. The van der Waals surface area contributed by atoms with Crippen molar-refractivity contribution in [2.75, 3.05) is 51.8 Å². The molecule has 1 fully saturated rings. The van der Waals surface area contributed by atoms with E-state index in [9.17, 15) is 4.79 Å². The summed E-state index contributed by atoms with van der Waals surface area (Å²) in [5.74, 6) is 0. The van der Waals surface area contributed by atoms with Gasteiger partial charge in [-0.3, -0.25) is 4.90 Å². The van der Waals surface area contributed by atoms with Crippen LogP contribution in [0.4, 0.5) is 10.5 Å². The summed E-state index contributed by atoms with van der Waals surface area (Å²) in [5.41, 5.74) is 0.543. The van der Waals surface area contributed by atoms with Crippen LogP contribution in [0.5, 0.6) is 0 Å². The first-order valence-electron chi connectivity index (χ1n) is 7.33. The van der Waals surface area contributed by atoms with Crippen LogP contribution in [0.3, 0.4) is 0 Å². The third-order valence-electron chi connectivity index (χ3n) is 3.68. The Morgan fingerprint density at radius 3 is 2.68 bits per heavy atom. The van der Waals surface area contributed by atoms with Gasteiger partial charge >= 0.3 is 6.03 Å². The Hall–Kier alpha value is -1.01. The van der Waals surface area contributed by atoms with Crippen molar-refractivity contribution in [1.82, 2.24) is 9.80 Å². The zero-order valence-corrected chi connectivity index (χ0v) is 14.2. The predicted molar refractivity (Wildman–Crippen MR) is 90.0 cm³/mol. The number of piperazine rings is 1. The highest BCUT2D eigenvalue weighted by Crippen LogP contribution is 2.29. The number of halogens is 2. The van der Waals surface area contributed by atoms with Gasteiger partial charge < -0.3 is 15.0 Å². The van der Waals surface area contributed by atoms with E-state index in [1.165, 1.54) is 0 Å². The predicted octanol–water partition coefficient (Wildman–Crippen LogP) is 3.18. The molecule has 1 aromatic rings. The Kier molecular flexibility index (Phi) is 6.76. The van der Waals surface area contributed by atoms with Gasteiger partial charge in [-0.25, -0.2) is 4.79 Å². The molecule has 0 bridgehead atoms. The highest BCUT2D eigenvalue weighted by atomic mass is 35.5. The van der Waals surface area contributed by atoms with Crippen LogP contribution >= 0.6 is 23.2 Å². The fourth-order valence-corrected chi connectivity index (χ4v) is 2.75. The number of urea groups is 1. The maximum absolute atomic E-state index is 12.3. The van der Waals surface area contributed by atoms with Crippen molar-refractivity contribution in [2.45, 2.75) is 6.42 Å². The van der Waals surface area contributed by atoms with Gasteiger partial charge in [-0.15, -0.1) is 0 Å². The van der Waals surface area contributed by atoms with Crippen LogP contribution < -0.4 is 5.32 Å². The number of benzene rings is 1. The van der Waals surface area contributed by atoms with Gasteiger partial charge in [-0.1, -0.05) is 29.3 Å². The lowest BCUT2D eigenvalue weighted by Crippen LogP contribution is -2.50. The fraction of sp³-hybridized carbons (Fsp3) is 0.533. The van der Waals surface area contributed by atoms with E-state index in [2.05, 4.69) is 10.2 Å². The summed E-state index contributed by atoms with van der Waals surface area (Å²) in [7, 11) is 1.71. The van der Waals surface area contributed by atoms with Gasteiger partial charge in [-0.05, 0) is 18.6 Å². The van der Waals surface area contributed by atoms with Crippen molar-refractivity contribution in [2.24, 2.45) is 0 Å². The van der Waals surface area contributed by atoms with Gasteiger partial charge in [0.05, 0.1) is 15.7 Å². The summed E-state index contributed by atoms with van der Waals surface area (Å²) >= 11 is 12.0. The van der Waals surface area contributed by atoms with E-state index in [0.29, 0.717) is 28.8 Å². The van der Waals surface area contributed by atoms with Crippen molar-refractivity contribution in [3.8, 4) is 0 Å². The van der Waals surface area contributed by atoms with Gasteiger partial charge in [0.2, 0.25) is 0 Å². The minimum absolute atomic E-state index is 0.138. The van der Waals surface area contributed by atoms with Gasteiger partial charge in [0, 0.05) is 46.4 Å². The summed E-state index contributed by atoms with van der Waals surface area (Å²) in [6, 6.07) is 5.06. The Bertz CT molecular complexity index is 506. The molecule has 0 saturated carbocycles. The first-order chi connectivity index (χ1) is 10.6. The van der Waals surface area contributed by atoms with Crippen LogP contribution in [0.25, 0.3) is 0 Å². The van der Waals surface area contributed by atoms with E-state index >= 15 is 0 Å². The minimum Gasteiger partial charge on any atom is -0.385 e. The lowest BCUT2D eigenvalue weighted by atomic mass is 10.3. The van der Waals surface area contributed by atoms with Crippen molar-refractivity contribution in [1.29, 1.82) is 0 Å². The van der Waals surface area contributed by atoms with Crippen LogP contribution in [0, 0.1) is 0 Å². The average molecular weight is 346 g/mol. The molecule has 5 nitrogen and oxygen atoms in total. The molecular weight excluding hydrogens is 325 g/mol. The molecule has 1 heterocycles. The first-order valence-corrected chi connectivity index (χ1v) is 8.08. The number of methoxy groups -OCH3 is 1. The number of carbonyl (C=O) groups is 1. The van der Waals surface area contributed by atoms with E-state index in [0.717, 1.165) is 32.7 Å². The average Bonchev–Trinajstić information content (AvgIpc) is 2.53. The number of carbonyl (C=O) groups excluding carboxylic acids is 1. The van der Waals surface area contributed by atoms with Crippen molar-refractivity contribution in [3.05, 3.63) is 28.2 Å². The molecule has 7 heteroatoms. The summed E-state index contributed by atoms with van der Waals surface area (Å²) in [6.07, 6.45) is 1.01. The maximum Gasteiger partial charge on any atom is 0.321 e. The van der Waals surface area contributed by atoms with Crippen LogP contribution in [0.2, 0.25) is 10.0 Å². The van der Waals surface area contributed by atoms with Crippen LogP contribution in [0.1, 0.15) is 6.42 Å². The Morgan fingerprint density at radius 2 is 2.00 bits per heavy atom. The van der Waals surface area contributed by atoms with E-state index < -0.39 is 0 Å². The lowest BCUT2D eigenvalue weighted by Gasteiger charge is -2.34. The molecule has 1 aliphatic heterocycles. The topological polar surface area (TPSA) is 44.8 Å². The summed E-state index contributed by atoms with van der Waals surface area (Å²) in [6.45, 7) is 4.94. The molecule has 0 unspecified atom stereocenters. The molecule has 0 atom stereocenters. The van der Waals surface area contributed by atoms with E-state index in [4.69, 9.17) is 27.9 Å². The summed E-state index contributed by atoms with van der Waals surface area (Å²) in [5, 5.41) is 3.62. The molecule has 1 aliphatic rings. The normalized spacial score (nSPS) is 15.9. The number of nitrogens with zero attached hydrogens (tertiary/aromatic N) is 2. The smallest absolute Gasteiger partial charge is 0.321 e. The van der Waals surface area contributed by atoms with Crippen LogP contribution in [-0.4, -0.2) is 62.3 Å². The van der Waals surface area contributed by atoms with Gasteiger partial charge in [0.15, 0.2) is 0 Å². The molecule has 122 valence electrons. The van der Waals surface area contributed by atoms with E-state index in [1.54, 1.807) is 30.2 Å². The highest BCUT2D eigenvalue weighted by molar-refractivity contribution is 6.43. The van der Waals surface area contributed by atoms with Crippen LogP contribution in [0.15, 0.2) is 18.2 Å². The van der Waals surface area contributed by atoms with Crippen molar-refractivity contribution in [3.63, 3.8) is 0 Å². The molecule has 0 aromatic heterocycles. The Morgan fingerprint density at radius 1 is 1.27 bits per heavy atom. The highest BCUT2D eigenvalue weighted by Gasteiger charge is 2.21. The number of amides is 2. The third-order valence-corrected chi connectivity index (χ3v) is 4.49. The molecule has 1 saturated heterocycles. The van der Waals surface area contributed by atoms with Gasteiger partial charge in [-0.2, -0.15) is 0 Å². The molecule has 1 N–H and O–H groups in total. The minimum atomic E-state index is -0.138. The van der Waals surface area contributed by atoms with E-state index in [-0.39, 0.29) is 6.03 Å². The molecule has 0 spiro atoms. The SMILES string of the molecule is COCCCN1CCN(C(=O)Nc2cccc(Cl)c2Cl)CC1. The second-order valence-corrected chi connectivity index (χ2v) is 5.99. The Balaban J connectivity index is 1.81. The summed E-state index contributed by atoms with van der Waals surface area (Å²) in [4.78, 5) is 16.4. The van der Waals surface area contributed by atoms with E-state index in [1.807, 2.05) is 0 Å². The number of hydrogen-bond donors (Lipinski definition) is 1. The lowest BCUT2D eigenvalue weighted by molar-refractivity contribution is 0.130. The molecule has 2 rings (SSSR count). The van der Waals surface area contributed by atoms with Crippen LogP contribution in [-0.2, 0) is 4.74 Å². The quantitative estimate of drug-likeness (QED) is 0.833. The fourth-order valence-electron chi connectivity index (χ4n) is 2.40. The third kappa shape index (κ3) is 4.74. The molecule has 0 radical (unpaired) electrons. The summed E-state index contributed by atoms with van der Waals surface area (Å²) < 4.78 is 5.05. The second kappa shape index (κ2) is 8.58. The molecular formula is C15H21Cl2N3O2. The standard InChI is InChI=1S/C15H21Cl2N3O2/c1-22-11-3-6-19-7-9-20(10-8-19)15(21)18-13-5-2-4-12(16)14(13)17/h2,4-5H,3,6-11H2,1H3,(H,18,21). The number of nitrogens with one attached hydrogen (secondary N) is 1. The molecule has 22 heavy (non-hydrogen) atoms. The zero-order valence-electron chi connectivity index (χ0n) is 12.6. The monoisotopic (exact) mass is 345 g/mol.